The SMILES string of the molecule is Cc1cccnc1CN(C)c1ccc(C(=O)N2CCOCC2)cn1. The van der Waals surface area contributed by atoms with Crippen LogP contribution in [0.4, 0.5) is 5.82 Å². The van der Waals surface area contributed by atoms with Crippen molar-refractivity contribution in [2.24, 2.45) is 0 Å². The van der Waals surface area contributed by atoms with Gasteiger partial charge in [-0.1, -0.05) is 6.07 Å². The summed E-state index contributed by atoms with van der Waals surface area (Å²) in [6, 6.07) is 7.70. The first kappa shape index (κ1) is 16.4. The minimum Gasteiger partial charge on any atom is -0.378 e. The summed E-state index contributed by atoms with van der Waals surface area (Å²) >= 11 is 0. The Kier molecular flexibility index (Phi) is 5.05. The number of aromatic nitrogens is 2. The molecular formula is C18H22N4O2. The first-order valence-corrected chi connectivity index (χ1v) is 8.10. The van der Waals surface area contributed by atoms with Crippen LogP contribution in [0.5, 0.6) is 0 Å². The van der Waals surface area contributed by atoms with E-state index in [0.717, 1.165) is 17.1 Å². The third kappa shape index (κ3) is 3.71. The number of rotatable bonds is 4. The van der Waals surface area contributed by atoms with E-state index in [9.17, 15) is 4.79 Å². The molecule has 0 aliphatic carbocycles. The Balaban J connectivity index is 1.67. The lowest BCUT2D eigenvalue weighted by molar-refractivity contribution is 0.0302. The third-order valence-electron chi connectivity index (χ3n) is 4.19. The van der Waals surface area contributed by atoms with Gasteiger partial charge in [-0.05, 0) is 30.7 Å². The Morgan fingerprint density at radius 1 is 1.25 bits per heavy atom. The van der Waals surface area contributed by atoms with Gasteiger partial charge in [-0.3, -0.25) is 9.78 Å². The highest BCUT2D eigenvalue weighted by Gasteiger charge is 2.19. The van der Waals surface area contributed by atoms with E-state index < -0.39 is 0 Å². The number of hydrogen-bond acceptors (Lipinski definition) is 5. The van der Waals surface area contributed by atoms with Crippen LogP contribution in [0.3, 0.4) is 0 Å². The van der Waals surface area contributed by atoms with Crippen LogP contribution in [0.25, 0.3) is 0 Å². The molecular weight excluding hydrogens is 304 g/mol. The second-order valence-electron chi connectivity index (χ2n) is 5.93. The van der Waals surface area contributed by atoms with Crippen molar-refractivity contribution in [1.29, 1.82) is 0 Å². The van der Waals surface area contributed by atoms with Gasteiger partial charge in [0.2, 0.25) is 0 Å². The Morgan fingerprint density at radius 3 is 2.71 bits per heavy atom. The molecule has 0 radical (unpaired) electrons. The molecule has 126 valence electrons. The van der Waals surface area contributed by atoms with E-state index in [2.05, 4.69) is 9.97 Å². The highest BCUT2D eigenvalue weighted by molar-refractivity contribution is 5.94. The van der Waals surface area contributed by atoms with Gasteiger partial charge in [0.25, 0.3) is 5.91 Å². The molecule has 6 nitrogen and oxygen atoms in total. The van der Waals surface area contributed by atoms with Crippen LogP contribution in [0.2, 0.25) is 0 Å². The zero-order chi connectivity index (χ0) is 16.9. The lowest BCUT2D eigenvalue weighted by Crippen LogP contribution is -2.40. The molecule has 0 saturated carbocycles. The van der Waals surface area contributed by atoms with E-state index in [0.29, 0.717) is 38.4 Å². The number of anilines is 1. The third-order valence-corrected chi connectivity index (χ3v) is 4.19. The first-order chi connectivity index (χ1) is 11.6. The predicted octanol–water partition coefficient (Wildman–Crippen LogP) is 1.89. The number of amides is 1. The molecule has 3 heterocycles. The summed E-state index contributed by atoms with van der Waals surface area (Å²) < 4.78 is 5.28. The van der Waals surface area contributed by atoms with Gasteiger partial charge in [-0.2, -0.15) is 0 Å². The van der Waals surface area contributed by atoms with Crippen molar-refractivity contribution in [1.82, 2.24) is 14.9 Å². The summed E-state index contributed by atoms with van der Waals surface area (Å²) in [5.41, 5.74) is 2.79. The topological polar surface area (TPSA) is 58.6 Å². The summed E-state index contributed by atoms with van der Waals surface area (Å²) in [7, 11) is 1.97. The van der Waals surface area contributed by atoms with Gasteiger partial charge in [0.1, 0.15) is 5.82 Å². The summed E-state index contributed by atoms with van der Waals surface area (Å²) in [5.74, 6) is 0.833. The zero-order valence-corrected chi connectivity index (χ0v) is 14.1. The fourth-order valence-electron chi connectivity index (χ4n) is 2.68. The van der Waals surface area contributed by atoms with E-state index in [1.807, 2.05) is 43.1 Å². The number of aryl methyl sites for hydroxylation is 1. The molecule has 6 heteroatoms. The quantitative estimate of drug-likeness (QED) is 0.859. The van der Waals surface area contributed by atoms with Gasteiger partial charge in [0, 0.05) is 32.5 Å². The summed E-state index contributed by atoms with van der Waals surface area (Å²) in [5, 5.41) is 0. The average molecular weight is 326 g/mol. The molecule has 0 aromatic carbocycles. The lowest BCUT2D eigenvalue weighted by atomic mass is 10.2. The van der Waals surface area contributed by atoms with Crippen molar-refractivity contribution in [2.75, 3.05) is 38.3 Å². The van der Waals surface area contributed by atoms with Gasteiger partial charge in [-0.15, -0.1) is 0 Å². The molecule has 2 aromatic rings. The van der Waals surface area contributed by atoms with Crippen LogP contribution < -0.4 is 4.90 Å². The Morgan fingerprint density at radius 2 is 2.04 bits per heavy atom. The number of ether oxygens (including phenoxy) is 1. The van der Waals surface area contributed by atoms with Crippen LogP contribution in [0.15, 0.2) is 36.7 Å². The Bertz CT molecular complexity index is 696. The molecule has 0 bridgehead atoms. The second kappa shape index (κ2) is 7.40. The number of morpholine rings is 1. The number of nitrogens with zero attached hydrogens (tertiary/aromatic N) is 4. The van der Waals surface area contributed by atoms with E-state index in [1.165, 1.54) is 0 Å². The van der Waals surface area contributed by atoms with Crippen LogP contribution >= 0.6 is 0 Å². The van der Waals surface area contributed by atoms with Crippen molar-refractivity contribution in [3.05, 3.63) is 53.5 Å². The van der Waals surface area contributed by atoms with Crippen LogP contribution in [-0.2, 0) is 11.3 Å². The molecule has 3 rings (SSSR count). The second-order valence-corrected chi connectivity index (χ2v) is 5.93. The van der Waals surface area contributed by atoms with Gasteiger partial charge < -0.3 is 14.5 Å². The van der Waals surface area contributed by atoms with Gasteiger partial charge in [0.05, 0.1) is 31.0 Å². The van der Waals surface area contributed by atoms with E-state index in [4.69, 9.17) is 4.74 Å². The number of carbonyl (C=O) groups is 1. The molecule has 0 N–H and O–H groups in total. The molecule has 0 spiro atoms. The van der Waals surface area contributed by atoms with Crippen LogP contribution in [0, 0.1) is 6.92 Å². The van der Waals surface area contributed by atoms with E-state index in [-0.39, 0.29) is 5.91 Å². The van der Waals surface area contributed by atoms with Gasteiger partial charge in [0.15, 0.2) is 0 Å². The number of carbonyl (C=O) groups excluding carboxylic acids is 1. The van der Waals surface area contributed by atoms with E-state index in [1.54, 1.807) is 17.3 Å². The highest BCUT2D eigenvalue weighted by Crippen LogP contribution is 2.15. The fourth-order valence-corrected chi connectivity index (χ4v) is 2.68. The largest absolute Gasteiger partial charge is 0.378 e. The van der Waals surface area contributed by atoms with Crippen LogP contribution in [0.1, 0.15) is 21.6 Å². The standard InChI is InChI=1S/C18H22N4O2/c1-14-4-3-7-19-16(14)13-21(2)17-6-5-15(12-20-17)18(23)22-8-10-24-11-9-22/h3-7,12H,8-11,13H2,1-2H3. The minimum absolute atomic E-state index is 0.0144. The minimum atomic E-state index is 0.0144. The fraction of sp³-hybridized carbons (Fsp3) is 0.389. The summed E-state index contributed by atoms with van der Waals surface area (Å²) in [6.45, 7) is 5.20. The highest BCUT2D eigenvalue weighted by atomic mass is 16.5. The normalized spacial score (nSPS) is 14.5. The number of pyridine rings is 2. The Hall–Kier alpha value is -2.47. The maximum atomic E-state index is 12.4. The molecule has 1 amide bonds. The average Bonchev–Trinajstić information content (AvgIpc) is 2.64. The van der Waals surface area contributed by atoms with Crippen molar-refractivity contribution in [3.8, 4) is 0 Å². The molecule has 1 aliphatic heterocycles. The van der Waals surface area contributed by atoms with E-state index >= 15 is 0 Å². The molecule has 0 unspecified atom stereocenters. The monoisotopic (exact) mass is 326 g/mol. The summed E-state index contributed by atoms with van der Waals surface area (Å²) in [4.78, 5) is 25.1. The molecule has 1 fully saturated rings. The van der Waals surface area contributed by atoms with Crippen molar-refractivity contribution < 1.29 is 9.53 Å². The maximum absolute atomic E-state index is 12.4. The maximum Gasteiger partial charge on any atom is 0.255 e. The molecule has 1 saturated heterocycles. The van der Waals surface area contributed by atoms with Crippen LogP contribution in [-0.4, -0.2) is 54.1 Å². The van der Waals surface area contributed by atoms with Crippen molar-refractivity contribution in [2.45, 2.75) is 13.5 Å². The molecule has 2 aromatic heterocycles. The predicted molar refractivity (Wildman–Crippen MR) is 92.0 cm³/mol. The number of hydrogen-bond donors (Lipinski definition) is 0. The Labute approximate surface area is 142 Å². The van der Waals surface area contributed by atoms with Gasteiger partial charge >= 0.3 is 0 Å². The first-order valence-electron chi connectivity index (χ1n) is 8.10. The zero-order valence-electron chi connectivity index (χ0n) is 14.1. The molecule has 1 aliphatic rings. The smallest absolute Gasteiger partial charge is 0.255 e. The molecule has 24 heavy (non-hydrogen) atoms. The van der Waals surface area contributed by atoms with Gasteiger partial charge in [-0.25, -0.2) is 4.98 Å². The van der Waals surface area contributed by atoms with Crippen molar-refractivity contribution in [3.63, 3.8) is 0 Å². The lowest BCUT2D eigenvalue weighted by Gasteiger charge is -2.27. The molecule has 0 atom stereocenters. The van der Waals surface area contributed by atoms with Crippen molar-refractivity contribution >= 4 is 11.7 Å². The summed E-state index contributed by atoms with van der Waals surface area (Å²) in [6.07, 6.45) is 3.45.